The molecule has 7 heteroatoms. The van der Waals surface area contributed by atoms with Gasteiger partial charge in [-0.05, 0) is 22.9 Å². The van der Waals surface area contributed by atoms with E-state index < -0.39 is 0 Å². The minimum Gasteiger partial charge on any atom is -0.378 e. The largest absolute Gasteiger partial charge is 0.378 e. The number of nitrogens with one attached hydrogen (secondary N) is 2. The van der Waals surface area contributed by atoms with E-state index in [-0.39, 0.29) is 5.60 Å². The SMILES string of the molecule is CCNc1ncnc(NCC2(OC)CCOC2)c1Br. The van der Waals surface area contributed by atoms with Crippen molar-refractivity contribution >= 4 is 27.6 Å². The molecule has 1 atom stereocenters. The lowest BCUT2D eigenvalue weighted by molar-refractivity contribution is -0.00626. The zero-order chi connectivity index (χ0) is 13.7. The van der Waals surface area contributed by atoms with Crippen molar-refractivity contribution in [1.29, 1.82) is 0 Å². The number of anilines is 2. The summed E-state index contributed by atoms with van der Waals surface area (Å²) in [5, 5.41) is 6.48. The minimum absolute atomic E-state index is 0.261. The summed E-state index contributed by atoms with van der Waals surface area (Å²) >= 11 is 3.51. The highest BCUT2D eigenvalue weighted by molar-refractivity contribution is 9.10. The van der Waals surface area contributed by atoms with Gasteiger partial charge in [0.1, 0.15) is 28.0 Å². The van der Waals surface area contributed by atoms with Gasteiger partial charge in [0.25, 0.3) is 0 Å². The van der Waals surface area contributed by atoms with Crippen LogP contribution in [0.1, 0.15) is 13.3 Å². The zero-order valence-corrected chi connectivity index (χ0v) is 12.8. The third kappa shape index (κ3) is 3.34. The van der Waals surface area contributed by atoms with Gasteiger partial charge in [-0.2, -0.15) is 0 Å². The van der Waals surface area contributed by atoms with Crippen LogP contribution in [0.15, 0.2) is 10.8 Å². The fourth-order valence-corrected chi connectivity index (χ4v) is 2.47. The normalized spacial score (nSPS) is 22.5. The molecule has 0 amide bonds. The second-order valence-electron chi connectivity index (χ2n) is 4.46. The van der Waals surface area contributed by atoms with E-state index >= 15 is 0 Å². The van der Waals surface area contributed by atoms with Crippen LogP contribution in [0.5, 0.6) is 0 Å². The van der Waals surface area contributed by atoms with Crippen molar-refractivity contribution in [1.82, 2.24) is 9.97 Å². The number of hydrogen-bond acceptors (Lipinski definition) is 6. The molecular formula is C12H19BrN4O2. The Labute approximate surface area is 121 Å². The van der Waals surface area contributed by atoms with E-state index in [1.807, 2.05) is 6.92 Å². The molecule has 1 aliphatic rings. The molecule has 2 rings (SSSR count). The molecule has 1 saturated heterocycles. The maximum Gasteiger partial charge on any atom is 0.146 e. The van der Waals surface area contributed by atoms with Crippen LogP contribution in [-0.2, 0) is 9.47 Å². The van der Waals surface area contributed by atoms with Crippen molar-refractivity contribution in [2.45, 2.75) is 18.9 Å². The smallest absolute Gasteiger partial charge is 0.146 e. The third-order valence-electron chi connectivity index (χ3n) is 3.21. The third-order valence-corrected chi connectivity index (χ3v) is 3.96. The number of aromatic nitrogens is 2. The Morgan fingerprint density at radius 3 is 2.74 bits per heavy atom. The van der Waals surface area contributed by atoms with Crippen LogP contribution in [-0.4, -0.2) is 49.0 Å². The van der Waals surface area contributed by atoms with E-state index in [2.05, 4.69) is 36.5 Å². The Kier molecular flexibility index (Phi) is 4.95. The summed E-state index contributed by atoms with van der Waals surface area (Å²) < 4.78 is 11.8. The highest BCUT2D eigenvalue weighted by atomic mass is 79.9. The van der Waals surface area contributed by atoms with Gasteiger partial charge in [-0.3, -0.25) is 0 Å². The van der Waals surface area contributed by atoms with Crippen LogP contribution in [0, 0.1) is 0 Å². The first-order chi connectivity index (χ1) is 9.21. The van der Waals surface area contributed by atoms with E-state index in [1.165, 1.54) is 6.33 Å². The molecular weight excluding hydrogens is 312 g/mol. The van der Waals surface area contributed by atoms with Gasteiger partial charge in [-0.25, -0.2) is 9.97 Å². The topological polar surface area (TPSA) is 68.3 Å². The van der Waals surface area contributed by atoms with Crippen molar-refractivity contribution in [3.63, 3.8) is 0 Å². The first-order valence-corrected chi connectivity index (χ1v) is 7.11. The highest BCUT2D eigenvalue weighted by Crippen LogP contribution is 2.28. The predicted octanol–water partition coefficient (Wildman–Crippen LogP) is 1.89. The highest BCUT2D eigenvalue weighted by Gasteiger charge is 2.35. The van der Waals surface area contributed by atoms with Gasteiger partial charge in [0.15, 0.2) is 0 Å². The Bertz CT molecular complexity index is 424. The second kappa shape index (κ2) is 6.49. The molecule has 1 unspecified atom stereocenters. The van der Waals surface area contributed by atoms with E-state index in [0.717, 1.165) is 35.7 Å². The summed E-state index contributed by atoms with van der Waals surface area (Å²) in [6, 6.07) is 0. The Hall–Kier alpha value is -0.920. The predicted molar refractivity (Wildman–Crippen MR) is 77.6 cm³/mol. The quantitative estimate of drug-likeness (QED) is 0.830. The molecule has 1 aromatic rings. The van der Waals surface area contributed by atoms with Crippen molar-refractivity contribution in [3.05, 3.63) is 10.8 Å². The molecule has 0 aromatic carbocycles. The first kappa shape index (κ1) is 14.5. The van der Waals surface area contributed by atoms with E-state index in [1.54, 1.807) is 7.11 Å². The van der Waals surface area contributed by atoms with E-state index in [9.17, 15) is 0 Å². The number of ether oxygens (including phenoxy) is 2. The maximum atomic E-state index is 5.58. The minimum atomic E-state index is -0.261. The summed E-state index contributed by atoms with van der Waals surface area (Å²) in [5.74, 6) is 1.54. The van der Waals surface area contributed by atoms with Crippen LogP contribution in [0.4, 0.5) is 11.6 Å². The monoisotopic (exact) mass is 330 g/mol. The fraction of sp³-hybridized carbons (Fsp3) is 0.667. The molecule has 0 saturated carbocycles. The summed E-state index contributed by atoms with van der Waals surface area (Å²) in [5.41, 5.74) is -0.261. The Morgan fingerprint density at radius 2 is 2.16 bits per heavy atom. The van der Waals surface area contributed by atoms with Crippen LogP contribution in [0.3, 0.4) is 0 Å². The second-order valence-corrected chi connectivity index (χ2v) is 5.25. The summed E-state index contributed by atoms with van der Waals surface area (Å²) in [6.45, 7) is 4.84. The molecule has 106 valence electrons. The number of rotatable bonds is 6. The molecule has 1 aromatic heterocycles. The van der Waals surface area contributed by atoms with Crippen LogP contribution in [0.2, 0.25) is 0 Å². The van der Waals surface area contributed by atoms with E-state index in [4.69, 9.17) is 9.47 Å². The molecule has 0 spiro atoms. The standard InChI is InChI=1S/C12H19BrN4O2/c1-3-14-10-9(13)11(17-8-16-10)15-6-12(18-2)4-5-19-7-12/h8H,3-7H2,1-2H3,(H2,14,15,16,17). The average Bonchev–Trinajstić information content (AvgIpc) is 2.89. The summed E-state index contributed by atoms with van der Waals surface area (Å²) in [4.78, 5) is 8.42. The summed E-state index contributed by atoms with van der Waals surface area (Å²) in [6.07, 6.45) is 2.43. The molecule has 2 heterocycles. The molecule has 1 fully saturated rings. The molecule has 0 radical (unpaired) electrons. The van der Waals surface area contributed by atoms with Crippen molar-refractivity contribution < 1.29 is 9.47 Å². The number of halogens is 1. The van der Waals surface area contributed by atoms with Gasteiger partial charge in [0.2, 0.25) is 0 Å². The molecule has 0 bridgehead atoms. The summed E-state index contributed by atoms with van der Waals surface area (Å²) in [7, 11) is 1.72. The van der Waals surface area contributed by atoms with Crippen LogP contribution in [0.25, 0.3) is 0 Å². The molecule has 19 heavy (non-hydrogen) atoms. The lowest BCUT2D eigenvalue weighted by atomic mass is 10.0. The zero-order valence-electron chi connectivity index (χ0n) is 11.2. The number of methoxy groups -OCH3 is 1. The molecule has 1 aliphatic heterocycles. The molecule has 0 aliphatic carbocycles. The van der Waals surface area contributed by atoms with Crippen LogP contribution >= 0.6 is 15.9 Å². The maximum absolute atomic E-state index is 5.58. The average molecular weight is 331 g/mol. The number of nitrogens with zero attached hydrogens (tertiary/aromatic N) is 2. The van der Waals surface area contributed by atoms with Gasteiger partial charge >= 0.3 is 0 Å². The van der Waals surface area contributed by atoms with Crippen molar-refractivity contribution in [3.8, 4) is 0 Å². The Balaban J connectivity index is 2.04. The van der Waals surface area contributed by atoms with Gasteiger partial charge in [-0.15, -0.1) is 0 Å². The van der Waals surface area contributed by atoms with Gasteiger partial charge in [0, 0.05) is 33.2 Å². The van der Waals surface area contributed by atoms with Crippen LogP contribution < -0.4 is 10.6 Å². The lowest BCUT2D eigenvalue weighted by Crippen LogP contribution is -2.39. The number of hydrogen-bond donors (Lipinski definition) is 2. The van der Waals surface area contributed by atoms with Gasteiger partial charge in [-0.1, -0.05) is 0 Å². The molecule has 2 N–H and O–H groups in total. The first-order valence-electron chi connectivity index (χ1n) is 6.32. The van der Waals surface area contributed by atoms with Gasteiger partial charge < -0.3 is 20.1 Å². The van der Waals surface area contributed by atoms with Gasteiger partial charge in [0.05, 0.1) is 6.61 Å². The van der Waals surface area contributed by atoms with Crippen molar-refractivity contribution in [2.75, 3.05) is 44.0 Å². The van der Waals surface area contributed by atoms with Crippen molar-refractivity contribution in [2.24, 2.45) is 0 Å². The fourth-order valence-electron chi connectivity index (χ4n) is 1.99. The lowest BCUT2D eigenvalue weighted by Gasteiger charge is -2.26. The van der Waals surface area contributed by atoms with E-state index in [0.29, 0.717) is 13.2 Å². The Morgan fingerprint density at radius 1 is 1.42 bits per heavy atom. The molecule has 6 nitrogen and oxygen atoms in total.